The van der Waals surface area contributed by atoms with Crippen LogP contribution < -0.4 is 5.73 Å². The fourth-order valence-corrected chi connectivity index (χ4v) is 4.55. The van der Waals surface area contributed by atoms with E-state index in [1.165, 1.54) is 36.6 Å². The van der Waals surface area contributed by atoms with E-state index in [9.17, 15) is 34.4 Å². The molecule has 0 saturated carbocycles. The number of hydrogen-bond donors (Lipinski definition) is 2. The van der Waals surface area contributed by atoms with Gasteiger partial charge in [0.2, 0.25) is 11.8 Å². The van der Waals surface area contributed by atoms with E-state index >= 15 is 0 Å². The Morgan fingerprint density at radius 1 is 1.36 bits per heavy atom. The topological polar surface area (TPSA) is 179 Å². The summed E-state index contributed by atoms with van der Waals surface area (Å²) >= 11 is 0.983. The summed E-state index contributed by atoms with van der Waals surface area (Å²) < 4.78 is 10.2. The van der Waals surface area contributed by atoms with Gasteiger partial charge in [-0.3, -0.25) is 19.7 Å². The number of rotatable bonds is 9. The van der Waals surface area contributed by atoms with Crippen LogP contribution in [0.1, 0.15) is 18.9 Å². The number of benzene rings is 1. The van der Waals surface area contributed by atoms with E-state index in [2.05, 4.69) is 0 Å². The molecule has 0 aliphatic carbocycles. The average molecular weight is 477 g/mol. The lowest BCUT2D eigenvalue weighted by Gasteiger charge is -2.45. The normalized spacial score (nSPS) is 20.3. The molecule has 13 heteroatoms. The molecule has 0 spiro atoms. The van der Waals surface area contributed by atoms with Gasteiger partial charge in [-0.1, -0.05) is 11.8 Å². The van der Waals surface area contributed by atoms with Crippen LogP contribution in [0.3, 0.4) is 0 Å². The van der Waals surface area contributed by atoms with Crippen molar-refractivity contribution in [3.63, 3.8) is 0 Å². The highest BCUT2D eigenvalue weighted by Crippen LogP contribution is 2.47. The second kappa shape index (κ2) is 9.73. The van der Waals surface area contributed by atoms with Gasteiger partial charge >= 0.3 is 12.1 Å². The van der Waals surface area contributed by atoms with Crippen molar-refractivity contribution < 1.29 is 38.7 Å². The Morgan fingerprint density at radius 3 is 2.61 bits per heavy atom. The number of amides is 2. The highest BCUT2D eigenvalue weighted by Gasteiger charge is 2.57. The number of carboxylic acid groups (broad SMARTS) is 1. The van der Waals surface area contributed by atoms with Crippen LogP contribution in [-0.2, 0) is 30.5 Å². The van der Waals surface area contributed by atoms with Crippen LogP contribution in [0.5, 0.6) is 0 Å². The Labute approximate surface area is 191 Å². The van der Waals surface area contributed by atoms with Gasteiger partial charge < -0.3 is 25.2 Å². The minimum absolute atomic E-state index is 0.100. The molecule has 0 bridgehead atoms. The van der Waals surface area contributed by atoms with Gasteiger partial charge in [0.05, 0.1) is 16.9 Å². The number of aliphatic carboxylic acids is 1. The maximum atomic E-state index is 12.6. The first-order valence-corrected chi connectivity index (χ1v) is 10.5. The summed E-state index contributed by atoms with van der Waals surface area (Å²) in [4.78, 5) is 58.8. The van der Waals surface area contributed by atoms with Crippen molar-refractivity contribution in [3.8, 4) is 0 Å². The van der Waals surface area contributed by atoms with Crippen LogP contribution in [0.4, 0.5) is 10.5 Å². The van der Waals surface area contributed by atoms with Gasteiger partial charge in [-0.05, 0) is 30.0 Å². The minimum atomic E-state index is -1.28. The summed E-state index contributed by atoms with van der Waals surface area (Å²) in [5.74, 6) is -3.23. The molecule has 1 saturated heterocycles. The number of fused-ring (bicyclic) bond motifs is 1. The van der Waals surface area contributed by atoms with Crippen molar-refractivity contribution in [1.82, 2.24) is 4.90 Å². The van der Waals surface area contributed by atoms with Crippen LogP contribution in [0, 0.1) is 16.0 Å². The Kier molecular flexibility index (Phi) is 7.01. The number of primary amides is 1. The highest BCUT2D eigenvalue weighted by molar-refractivity contribution is 8.05. The number of nitrogens with two attached hydrogens (primary N) is 1. The zero-order valence-electron chi connectivity index (χ0n) is 17.2. The minimum Gasteiger partial charge on any atom is -0.477 e. The Morgan fingerprint density at radius 2 is 2.03 bits per heavy atom. The number of non-ortho nitro benzene ring substituents is 1. The SMILES string of the molecule is CC(OC(=O)OCc1ccc([N+](=O)[O-])cc1)C1C(=O)N2C(C(=O)O)=C(SC=CC(N)=O)CC12. The van der Waals surface area contributed by atoms with Crippen LogP contribution >= 0.6 is 11.8 Å². The number of hydrogen-bond acceptors (Lipinski definition) is 9. The molecule has 2 aliphatic rings. The van der Waals surface area contributed by atoms with E-state index < -0.39 is 46.9 Å². The molecule has 2 aliphatic heterocycles. The first kappa shape index (κ1) is 23.8. The van der Waals surface area contributed by atoms with Crippen LogP contribution in [0.25, 0.3) is 0 Å². The third kappa shape index (κ3) is 5.14. The smallest absolute Gasteiger partial charge is 0.477 e. The molecule has 0 aromatic heterocycles. The van der Waals surface area contributed by atoms with Crippen molar-refractivity contribution in [3.05, 3.63) is 62.0 Å². The third-order valence-electron chi connectivity index (χ3n) is 5.11. The lowest BCUT2D eigenvalue weighted by Crippen LogP contribution is -2.62. The van der Waals surface area contributed by atoms with Crippen molar-refractivity contribution in [2.24, 2.45) is 11.7 Å². The molecular weight excluding hydrogens is 458 g/mol. The van der Waals surface area contributed by atoms with Crippen LogP contribution in [0.15, 0.2) is 46.4 Å². The fraction of sp³-hybridized carbons (Fsp3) is 0.300. The second-order valence-electron chi connectivity index (χ2n) is 7.19. The van der Waals surface area contributed by atoms with E-state index in [4.69, 9.17) is 15.2 Å². The van der Waals surface area contributed by atoms with Gasteiger partial charge in [-0.2, -0.15) is 0 Å². The summed E-state index contributed by atoms with van der Waals surface area (Å²) in [6.45, 7) is 1.32. The molecule has 2 heterocycles. The van der Waals surface area contributed by atoms with Gasteiger partial charge in [0, 0.05) is 29.5 Å². The number of nitrogens with zero attached hydrogens (tertiary/aromatic N) is 2. The molecule has 1 fully saturated rings. The number of carbonyl (C=O) groups excluding carboxylic acids is 3. The lowest BCUT2D eigenvalue weighted by atomic mass is 9.83. The van der Waals surface area contributed by atoms with Crippen LogP contribution in [-0.4, -0.2) is 51.0 Å². The molecule has 3 unspecified atom stereocenters. The fourth-order valence-electron chi connectivity index (χ4n) is 3.62. The van der Waals surface area contributed by atoms with E-state index in [1.54, 1.807) is 0 Å². The number of nitro benzene ring substituents is 1. The number of β-lactam (4-membered cyclic amide) rings is 1. The largest absolute Gasteiger partial charge is 0.508 e. The molecule has 3 atom stereocenters. The third-order valence-corrected chi connectivity index (χ3v) is 6.02. The number of nitro groups is 1. The molecule has 33 heavy (non-hydrogen) atoms. The van der Waals surface area contributed by atoms with Gasteiger partial charge in [0.1, 0.15) is 18.4 Å². The first-order valence-electron chi connectivity index (χ1n) is 9.59. The quantitative estimate of drug-likeness (QED) is 0.175. The maximum absolute atomic E-state index is 12.6. The standard InChI is InChI=1S/C20H19N3O9S/c1-10(32-20(28)31-9-11-2-4-12(5-3-11)23(29)30)16-13-8-14(33-7-6-15(21)24)17(19(26)27)22(13)18(16)25/h2-7,10,13,16H,8-9H2,1H3,(H2,21,24)(H,26,27). The number of carbonyl (C=O) groups is 4. The predicted molar refractivity (Wildman–Crippen MR) is 113 cm³/mol. The average Bonchev–Trinajstić information content (AvgIpc) is 3.06. The van der Waals surface area contributed by atoms with E-state index in [1.807, 2.05) is 0 Å². The van der Waals surface area contributed by atoms with E-state index in [0.29, 0.717) is 10.5 Å². The Balaban J connectivity index is 1.57. The maximum Gasteiger partial charge on any atom is 0.508 e. The highest BCUT2D eigenvalue weighted by atomic mass is 32.2. The van der Waals surface area contributed by atoms with E-state index in [0.717, 1.165) is 22.7 Å². The van der Waals surface area contributed by atoms with Crippen molar-refractivity contribution in [1.29, 1.82) is 0 Å². The van der Waals surface area contributed by atoms with Crippen molar-refractivity contribution >= 4 is 41.4 Å². The monoisotopic (exact) mass is 477 g/mol. The molecule has 2 amide bonds. The molecule has 3 rings (SSSR count). The summed E-state index contributed by atoms with van der Waals surface area (Å²) in [5.41, 5.74) is 5.26. The van der Waals surface area contributed by atoms with Gasteiger partial charge in [-0.15, -0.1) is 0 Å². The predicted octanol–water partition coefficient (Wildman–Crippen LogP) is 1.90. The zero-order valence-corrected chi connectivity index (χ0v) is 18.0. The number of ether oxygens (including phenoxy) is 2. The van der Waals surface area contributed by atoms with E-state index in [-0.39, 0.29) is 24.4 Å². The Hall–Kier alpha value is -3.87. The van der Waals surface area contributed by atoms with Gasteiger partial charge in [0.15, 0.2) is 0 Å². The lowest BCUT2D eigenvalue weighted by molar-refractivity contribution is -0.384. The molecule has 3 N–H and O–H groups in total. The second-order valence-corrected chi connectivity index (χ2v) is 8.19. The first-order chi connectivity index (χ1) is 15.6. The number of thioether (sulfide) groups is 1. The summed E-state index contributed by atoms with van der Waals surface area (Å²) in [6, 6.07) is 4.91. The van der Waals surface area contributed by atoms with Crippen molar-refractivity contribution in [2.75, 3.05) is 0 Å². The van der Waals surface area contributed by atoms with Crippen LogP contribution in [0.2, 0.25) is 0 Å². The molecule has 1 aromatic rings. The zero-order chi connectivity index (χ0) is 24.3. The number of carboxylic acids is 1. The summed E-state index contributed by atoms with van der Waals surface area (Å²) in [5, 5.41) is 21.5. The summed E-state index contributed by atoms with van der Waals surface area (Å²) in [6.07, 6.45) is -0.616. The van der Waals surface area contributed by atoms with Crippen molar-refractivity contribution in [2.45, 2.75) is 32.1 Å². The Bertz CT molecular complexity index is 1070. The molecule has 0 radical (unpaired) electrons. The van der Waals surface area contributed by atoms with Gasteiger partial charge in [-0.25, -0.2) is 9.59 Å². The molecule has 1 aromatic carbocycles. The molecule has 12 nitrogen and oxygen atoms in total. The van der Waals surface area contributed by atoms with Gasteiger partial charge in [0.25, 0.3) is 5.69 Å². The molecular formula is C20H19N3O9S. The molecule has 174 valence electrons. The summed E-state index contributed by atoms with van der Waals surface area (Å²) in [7, 11) is 0.